The molecule has 0 N–H and O–H groups in total. The Balaban J connectivity index is 2.56. The number of carbonyl (C=O) groups is 1. The number of benzene rings is 1. The van der Waals surface area contributed by atoms with Gasteiger partial charge in [-0.05, 0) is 24.1 Å². The first-order chi connectivity index (χ1) is 6.63. The lowest BCUT2D eigenvalue weighted by molar-refractivity contribution is 0.0963. The first kappa shape index (κ1) is 9.51. The van der Waals surface area contributed by atoms with E-state index in [4.69, 9.17) is 28.5 Å². The van der Waals surface area contributed by atoms with Crippen molar-refractivity contribution < 1.29 is 4.79 Å². The predicted octanol–water partition coefficient (Wildman–Crippen LogP) is 2.87. The summed E-state index contributed by atoms with van der Waals surface area (Å²) in [5, 5.41) is 9.50. The average molecular weight is 226 g/mol. The molecule has 0 heterocycles. The Morgan fingerprint density at radius 2 is 2.00 bits per heavy atom. The summed E-state index contributed by atoms with van der Waals surface area (Å²) in [4.78, 5) is 11.6. The lowest BCUT2D eigenvalue weighted by atomic mass is 10.1. The molecule has 0 amide bonds. The first-order valence-corrected chi connectivity index (χ1v) is 4.81. The Hall–Kier alpha value is -1.04. The molecule has 0 fully saturated rings. The standard InChI is InChI=1S/C10H5Cl2NO/c11-8-2-5-1-6(4-13)10(14)7(5)3-9(8)12/h2-3,6H,1H2. The molecule has 1 aromatic carbocycles. The van der Waals surface area contributed by atoms with Crippen LogP contribution < -0.4 is 0 Å². The Morgan fingerprint density at radius 3 is 2.64 bits per heavy atom. The van der Waals surface area contributed by atoms with Crippen LogP contribution in [0.5, 0.6) is 0 Å². The van der Waals surface area contributed by atoms with E-state index in [2.05, 4.69) is 0 Å². The van der Waals surface area contributed by atoms with Crippen molar-refractivity contribution in [3.05, 3.63) is 33.3 Å². The van der Waals surface area contributed by atoms with Gasteiger partial charge in [-0.15, -0.1) is 0 Å². The number of hydrogen-bond acceptors (Lipinski definition) is 2. The predicted molar refractivity (Wildman–Crippen MR) is 53.6 cm³/mol. The van der Waals surface area contributed by atoms with Gasteiger partial charge in [0.15, 0.2) is 5.78 Å². The van der Waals surface area contributed by atoms with Crippen LogP contribution in [0.4, 0.5) is 0 Å². The van der Waals surface area contributed by atoms with E-state index >= 15 is 0 Å². The lowest BCUT2D eigenvalue weighted by Crippen LogP contribution is -2.05. The molecule has 2 nitrogen and oxygen atoms in total. The van der Waals surface area contributed by atoms with Crippen molar-refractivity contribution in [2.24, 2.45) is 5.92 Å². The van der Waals surface area contributed by atoms with Gasteiger partial charge < -0.3 is 0 Å². The van der Waals surface area contributed by atoms with Crippen molar-refractivity contribution in [3.8, 4) is 6.07 Å². The van der Waals surface area contributed by atoms with Gasteiger partial charge in [-0.25, -0.2) is 0 Å². The largest absolute Gasteiger partial charge is 0.293 e. The molecule has 1 unspecified atom stereocenters. The molecule has 1 aromatic rings. The second-order valence-electron chi connectivity index (χ2n) is 3.17. The Bertz CT molecular complexity index is 462. The molecule has 2 rings (SSSR count). The van der Waals surface area contributed by atoms with Gasteiger partial charge in [-0.1, -0.05) is 23.2 Å². The topological polar surface area (TPSA) is 40.9 Å². The van der Waals surface area contributed by atoms with Crippen LogP contribution in [0.1, 0.15) is 15.9 Å². The van der Waals surface area contributed by atoms with Gasteiger partial charge >= 0.3 is 0 Å². The number of ketones is 1. The van der Waals surface area contributed by atoms with E-state index in [9.17, 15) is 4.79 Å². The Kier molecular flexibility index (Phi) is 2.22. The fraction of sp³-hybridized carbons (Fsp3) is 0.200. The molecule has 0 saturated heterocycles. The van der Waals surface area contributed by atoms with Gasteiger partial charge in [-0.3, -0.25) is 4.79 Å². The molecule has 0 bridgehead atoms. The molecule has 0 spiro atoms. The maximum absolute atomic E-state index is 11.6. The number of Topliss-reactive ketones (excluding diaryl/α,β-unsaturated/α-hetero) is 1. The van der Waals surface area contributed by atoms with Crippen molar-refractivity contribution in [3.63, 3.8) is 0 Å². The quantitative estimate of drug-likeness (QED) is 0.682. The maximum Gasteiger partial charge on any atom is 0.180 e. The SMILES string of the molecule is N#CC1Cc2cc(Cl)c(Cl)cc2C1=O. The van der Waals surface area contributed by atoms with Crippen LogP contribution in [0, 0.1) is 17.2 Å². The Labute approximate surface area is 91.0 Å². The fourth-order valence-corrected chi connectivity index (χ4v) is 1.94. The van der Waals surface area contributed by atoms with Gasteiger partial charge in [-0.2, -0.15) is 5.26 Å². The molecular weight excluding hydrogens is 221 g/mol. The minimum absolute atomic E-state index is 0.152. The van der Waals surface area contributed by atoms with E-state index in [1.807, 2.05) is 6.07 Å². The van der Waals surface area contributed by atoms with Crippen LogP contribution >= 0.6 is 23.2 Å². The highest BCUT2D eigenvalue weighted by molar-refractivity contribution is 6.42. The molecule has 14 heavy (non-hydrogen) atoms. The molecule has 0 radical (unpaired) electrons. The van der Waals surface area contributed by atoms with Gasteiger partial charge in [0.25, 0.3) is 0 Å². The summed E-state index contributed by atoms with van der Waals surface area (Å²) in [6.45, 7) is 0. The average Bonchev–Trinajstić information content (AvgIpc) is 2.45. The fourth-order valence-electron chi connectivity index (χ4n) is 1.59. The van der Waals surface area contributed by atoms with Crippen molar-refractivity contribution in [2.45, 2.75) is 6.42 Å². The summed E-state index contributed by atoms with van der Waals surface area (Å²) in [5.74, 6) is -0.722. The molecule has 1 atom stereocenters. The lowest BCUT2D eigenvalue weighted by Gasteiger charge is -1.99. The molecule has 1 aliphatic rings. The van der Waals surface area contributed by atoms with Crippen LogP contribution in [0.3, 0.4) is 0 Å². The molecule has 4 heteroatoms. The molecular formula is C10H5Cl2NO. The van der Waals surface area contributed by atoms with E-state index in [-0.39, 0.29) is 5.78 Å². The van der Waals surface area contributed by atoms with E-state index < -0.39 is 5.92 Å². The maximum atomic E-state index is 11.6. The second kappa shape index (κ2) is 3.27. The number of rotatable bonds is 0. The number of hydrogen-bond donors (Lipinski definition) is 0. The number of nitrogens with zero attached hydrogens (tertiary/aromatic N) is 1. The Morgan fingerprint density at radius 1 is 1.36 bits per heavy atom. The van der Waals surface area contributed by atoms with Crippen molar-refractivity contribution in [1.29, 1.82) is 5.26 Å². The molecule has 1 aliphatic carbocycles. The highest BCUT2D eigenvalue weighted by Gasteiger charge is 2.31. The van der Waals surface area contributed by atoms with Crippen LogP contribution in [0.25, 0.3) is 0 Å². The summed E-state index contributed by atoms with van der Waals surface area (Å²) < 4.78 is 0. The number of halogens is 2. The van der Waals surface area contributed by atoms with Crippen LogP contribution in [-0.2, 0) is 6.42 Å². The van der Waals surface area contributed by atoms with Gasteiger partial charge in [0.05, 0.1) is 16.1 Å². The summed E-state index contributed by atoms with van der Waals surface area (Å²) >= 11 is 11.6. The third-order valence-electron chi connectivity index (χ3n) is 2.31. The first-order valence-electron chi connectivity index (χ1n) is 4.05. The van der Waals surface area contributed by atoms with Crippen molar-refractivity contribution in [1.82, 2.24) is 0 Å². The van der Waals surface area contributed by atoms with Crippen LogP contribution in [0.15, 0.2) is 12.1 Å². The summed E-state index contributed by atoms with van der Waals surface area (Å²) in [6.07, 6.45) is 0.446. The molecule has 0 saturated carbocycles. The number of fused-ring (bicyclic) bond motifs is 1. The van der Waals surface area contributed by atoms with Crippen molar-refractivity contribution in [2.75, 3.05) is 0 Å². The monoisotopic (exact) mass is 225 g/mol. The summed E-state index contributed by atoms with van der Waals surface area (Å²) in [6, 6.07) is 5.17. The summed E-state index contributed by atoms with van der Waals surface area (Å²) in [7, 11) is 0. The van der Waals surface area contributed by atoms with E-state index in [0.29, 0.717) is 22.0 Å². The zero-order valence-corrected chi connectivity index (χ0v) is 8.56. The summed E-state index contributed by atoms with van der Waals surface area (Å²) in [5.41, 5.74) is 1.35. The molecule has 0 aliphatic heterocycles. The van der Waals surface area contributed by atoms with Gasteiger partial charge in [0.2, 0.25) is 0 Å². The van der Waals surface area contributed by atoms with E-state index in [0.717, 1.165) is 5.56 Å². The van der Waals surface area contributed by atoms with Crippen molar-refractivity contribution >= 4 is 29.0 Å². The van der Waals surface area contributed by atoms with Crippen LogP contribution in [0.2, 0.25) is 10.0 Å². The van der Waals surface area contributed by atoms with Gasteiger partial charge in [0.1, 0.15) is 5.92 Å². The third kappa shape index (κ3) is 1.30. The van der Waals surface area contributed by atoms with Gasteiger partial charge in [0, 0.05) is 5.56 Å². The zero-order chi connectivity index (χ0) is 10.3. The minimum atomic E-state index is -0.570. The van der Waals surface area contributed by atoms with Crippen LogP contribution in [-0.4, -0.2) is 5.78 Å². The van der Waals surface area contributed by atoms with E-state index in [1.165, 1.54) is 0 Å². The third-order valence-corrected chi connectivity index (χ3v) is 3.03. The highest BCUT2D eigenvalue weighted by Crippen LogP contribution is 2.33. The highest BCUT2D eigenvalue weighted by atomic mass is 35.5. The smallest absolute Gasteiger partial charge is 0.180 e. The molecule has 0 aromatic heterocycles. The number of carbonyl (C=O) groups excluding carboxylic acids is 1. The zero-order valence-electron chi connectivity index (χ0n) is 7.05. The molecule has 70 valence electrons. The number of nitriles is 1. The second-order valence-corrected chi connectivity index (χ2v) is 3.99. The van der Waals surface area contributed by atoms with E-state index in [1.54, 1.807) is 12.1 Å². The normalized spacial score (nSPS) is 19.2. The minimum Gasteiger partial charge on any atom is -0.293 e.